The zero-order valence-corrected chi connectivity index (χ0v) is 11.5. The molecule has 0 amide bonds. The van der Waals surface area contributed by atoms with Gasteiger partial charge in [0.05, 0.1) is 15.7 Å². The zero-order valence-electron chi connectivity index (χ0n) is 9.97. The lowest BCUT2D eigenvalue weighted by Gasteiger charge is -2.06. The Hall–Kier alpha value is -1.33. The Bertz CT molecular complexity index is 582. The molecule has 96 valence electrons. The number of halogens is 1. The zero-order chi connectivity index (χ0) is 13.1. The standard InChI is InChI=1S/C12H14ClN3OS/c1-16-6-5-15-12(16)4-7-18(17)11-8-9(13)2-3-10(11)14/h2-3,5-6,8H,4,7,14H2,1H3. The van der Waals surface area contributed by atoms with Crippen molar-refractivity contribution < 1.29 is 4.21 Å². The number of anilines is 1. The molecule has 0 aliphatic carbocycles. The van der Waals surface area contributed by atoms with Crippen LogP contribution in [0.2, 0.25) is 5.02 Å². The lowest BCUT2D eigenvalue weighted by atomic mass is 10.3. The van der Waals surface area contributed by atoms with Crippen molar-refractivity contribution >= 4 is 28.1 Å². The van der Waals surface area contributed by atoms with Gasteiger partial charge in [0.25, 0.3) is 0 Å². The summed E-state index contributed by atoms with van der Waals surface area (Å²) in [5.74, 6) is 1.39. The minimum atomic E-state index is -1.16. The molecule has 2 N–H and O–H groups in total. The number of hydrogen-bond acceptors (Lipinski definition) is 3. The number of imidazole rings is 1. The van der Waals surface area contributed by atoms with Crippen molar-refractivity contribution in [3.63, 3.8) is 0 Å². The molecule has 0 saturated carbocycles. The van der Waals surface area contributed by atoms with E-state index in [0.29, 0.717) is 27.8 Å². The largest absolute Gasteiger partial charge is 0.398 e. The van der Waals surface area contributed by atoms with Crippen molar-refractivity contribution in [2.45, 2.75) is 11.3 Å². The van der Waals surface area contributed by atoms with E-state index in [1.54, 1.807) is 24.4 Å². The fourth-order valence-corrected chi connectivity index (χ4v) is 3.05. The summed E-state index contributed by atoms with van der Waals surface area (Å²) in [6, 6.07) is 5.03. The van der Waals surface area contributed by atoms with Gasteiger partial charge in [-0.2, -0.15) is 0 Å². The summed E-state index contributed by atoms with van der Waals surface area (Å²) in [6.07, 6.45) is 4.24. The summed E-state index contributed by atoms with van der Waals surface area (Å²) in [7, 11) is 0.755. The molecule has 6 heteroatoms. The van der Waals surface area contributed by atoms with Crippen molar-refractivity contribution in [2.75, 3.05) is 11.5 Å². The number of nitrogens with zero attached hydrogens (tertiary/aromatic N) is 2. The van der Waals surface area contributed by atoms with Crippen molar-refractivity contribution in [2.24, 2.45) is 7.05 Å². The van der Waals surface area contributed by atoms with Crippen molar-refractivity contribution in [3.05, 3.63) is 41.4 Å². The molecule has 1 unspecified atom stereocenters. The highest BCUT2D eigenvalue weighted by Crippen LogP contribution is 2.21. The molecule has 0 aliphatic rings. The number of aromatic nitrogens is 2. The predicted molar refractivity (Wildman–Crippen MR) is 74.1 cm³/mol. The maximum absolute atomic E-state index is 12.2. The third kappa shape index (κ3) is 2.91. The van der Waals surface area contributed by atoms with E-state index in [1.165, 1.54) is 0 Å². The van der Waals surface area contributed by atoms with Crippen molar-refractivity contribution in [1.82, 2.24) is 9.55 Å². The van der Waals surface area contributed by atoms with Crippen LogP contribution in [0, 0.1) is 0 Å². The van der Waals surface area contributed by atoms with E-state index in [1.807, 2.05) is 17.8 Å². The van der Waals surface area contributed by atoms with Crippen LogP contribution in [0.1, 0.15) is 5.82 Å². The SMILES string of the molecule is Cn1ccnc1CCS(=O)c1cc(Cl)ccc1N. The number of nitrogens with two attached hydrogens (primary N) is 1. The van der Waals surface area contributed by atoms with Crippen LogP contribution in [0.3, 0.4) is 0 Å². The van der Waals surface area contributed by atoms with Gasteiger partial charge in [0.2, 0.25) is 0 Å². The first-order valence-corrected chi connectivity index (χ1v) is 7.17. The average molecular weight is 284 g/mol. The van der Waals surface area contributed by atoms with Crippen LogP contribution >= 0.6 is 11.6 Å². The van der Waals surface area contributed by atoms with Crippen LogP contribution in [0.15, 0.2) is 35.5 Å². The Morgan fingerprint density at radius 1 is 1.50 bits per heavy atom. The molecule has 4 nitrogen and oxygen atoms in total. The number of nitrogen functional groups attached to an aromatic ring is 1. The first-order chi connectivity index (χ1) is 8.58. The number of rotatable bonds is 4. The molecule has 18 heavy (non-hydrogen) atoms. The van der Waals surface area contributed by atoms with Crippen LogP contribution in [0.5, 0.6) is 0 Å². The van der Waals surface area contributed by atoms with Gasteiger partial charge in [-0.3, -0.25) is 4.21 Å². The van der Waals surface area contributed by atoms with E-state index in [4.69, 9.17) is 17.3 Å². The Balaban J connectivity index is 2.08. The molecule has 1 aromatic carbocycles. The van der Waals surface area contributed by atoms with Gasteiger partial charge in [-0.1, -0.05) is 11.6 Å². The summed E-state index contributed by atoms with van der Waals surface area (Å²) in [4.78, 5) is 4.79. The summed E-state index contributed by atoms with van der Waals surface area (Å²) < 4.78 is 14.1. The molecule has 0 fully saturated rings. The van der Waals surface area contributed by atoms with Gasteiger partial charge >= 0.3 is 0 Å². The third-order valence-electron chi connectivity index (χ3n) is 2.65. The van der Waals surface area contributed by atoms with Crippen LogP contribution in [-0.4, -0.2) is 19.5 Å². The van der Waals surface area contributed by atoms with E-state index in [2.05, 4.69) is 4.98 Å². The molecule has 1 heterocycles. The average Bonchev–Trinajstić information content (AvgIpc) is 2.75. The van der Waals surface area contributed by atoms with E-state index < -0.39 is 10.8 Å². The molecule has 1 aromatic heterocycles. The van der Waals surface area contributed by atoms with Gasteiger partial charge in [-0.05, 0) is 18.2 Å². The van der Waals surface area contributed by atoms with Crippen LogP contribution in [0.25, 0.3) is 0 Å². The monoisotopic (exact) mass is 283 g/mol. The van der Waals surface area contributed by atoms with Gasteiger partial charge in [-0.15, -0.1) is 0 Å². The Morgan fingerprint density at radius 2 is 2.28 bits per heavy atom. The highest BCUT2D eigenvalue weighted by atomic mass is 35.5. The first kappa shape index (κ1) is 13.1. The number of hydrogen-bond donors (Lipinski definition) is 1. The molecule has 0 saturated heterocycles. The van der Waals surface area contributed by atoms with Crippen LogP contribution in [-0.2, 0) is 24.3 Å². The first-order valence-electron chi connectivity index (χ1n) is 5.47. The molecular formula is C12H14ClN3OS. The van der Waals surface area contributed by atoms with E-state index in [0.717, 1.165) is 5.82 Å². The highest BCUT2D eigenvalue weighted by Gasteiger charge is 2.10. The quantitative estimate of drug-likeness (QED) is 0.873. The van der Waals surface area contributed by atoms with Gasteiger partial charge in [0.1, 0.15) is 5.82 Å². The van der Waals surface area contributed by atoms with Gasteiger partial charge < -0.3 is 10.3 Å². The van der Waals surface area contributed by atoms with E-state index in [-0.39, 0.29) is 0 Å². The fourth-order valence-electron chi connectivity index (χ4n) is 1.64. The van der Waals surface area contributed by atoms with Gasteiger partial charge in [-0.25, -0.2) is 4.98 Å². The van der Waals surface area contributed by atoms with Crippen molar-refractivity contribution in [3.8, 4) is 0 Å². The summed E-state index contributed by atoms with van der Waals surface area (Å²) >= 11 is 5.88. The minimum Gasteiger partial charge on any atom is -0.398 e. The molecule has 2 rings (SSSR count). The Kier molecular flexibility index (Phi) is 4.04. The summed E-state index contributed by atoms with van der Waals surface area (Å²) in [5, 5.41) is 0.546. The van der Waals surface area contributed by atoms with Crippen LogP contribution in [0.4, 0.5) is 5.69 Å². The molecule has 0 spiro atoms. The van der Waals surface area contributed by atoms with Crippen LogP contribution < -0.4 is 5.73 Å². The molecule has 2 aromatic rings. The Labute approximate surface area is 113 Å². The lowest BCUT2D eigenvalue weighted by Crippen LogP contribution is -2.07. The predicted octanol–water partition coefficient (Wildman–Crippen LogP) is 2.01. The second-order valence-corrected chi connectivity index (χ2v) is 5.91. The fraction of sp³-hybridized carbons (Fsp3) is 0.250. The molecule has 0 radical (unpaired) electrons. The van der Waals surface area contributed by atoms with Gasteiger partial charge in [0.15, 0.2) is 0 Å². The number of benzene rings is 1. The Morgan fingerprint density at radius 3 is 2.94 bits per heavy atom. The van der Waals surface area contributed by atoms with E-state index >= 15 is 0 Å². The number of aryl methyl sites for hydroxylation is 2. The minimum absolute atomic E-state index is 0.482. The molecule has 0 aliphatic heterocycles. The molecule has 1 atom stereocenters. The maximum atomic E-state index is 12.2. The summed E-state index contributed by atoms with van der Waals surface area (Å²) in [5.41, 5.74) is 6.31. The lowest BCUT2D eigenvalue weighted by molar-refractivity contribution is 0.680. The highest BCUT2D eigenvalue weighted by molar-refractivity contribution is 7.85. The smallest absolute Gasteiger partial charge is 0.109 e. The summed E-state index contributed by atoms with van der Waals surface area (Å²) in [6.45, 7) is 0. The maximum Gasteiger partial charge on any atom is 0.109 e. The second-order valence-electron chi connectivity index (χ2n) is 3.94. The topological polar surface area (TPSA) is 60.9 Å². The van der Waals surface area contributed by atoms with E-state index in [9.17, 15) is 4.21 Å². The second kappa shape index (κ2) is 5.54. The third-order valence-corrected chi connectivity index (χ3v) is 4.31. The van der Waals surface area contributed by atoms with Gasteiger partial charge in [0, 0.05) is 42.3 Å². The van der Waals surface area contributed by atoms with Crippen molar-refractivity contribution in [1.29, 1.82) is 0 Å². The molecular weight excluding hydrogens is 270 g/mol. The normalized spacial score (nSPS) is 12.6. The molecule has 0 bridgehead atoms.